The van der Waals surface area contributed by atoms with Gasteiger partial charge in [0.1, 0.15) is 0 Å². The summed E-state index contributed by atoms with van der Waals surface area (Å²) in [4.78, 5) is 36.5. The number of carbonyl (C=O) groups excluding carboxylic acids is 3. The van der Waals surface area contributed by atoms with Gasteiger partial charge in [0.15, 0.2) is 18.0 Å². The lowest BCUT2D eigenvalue weighted by molar-refractivity contribution is -0.144. The molecule has 136 valence electrons. The number of hydrogen-bond acceptors (Lipinski definition) is 5. The highest BCUT2D eigenvalue weighted by atomic mass is 16.6. The van der Waals surface area contributed by atoms with Gasteiger partial charge in [-0.25, -0.2) is 4.79 Å². The molecule has 3 atom stereocenters. The third-order valence-corrected chi connectivity index (χ3v) is 3.94. The largest absolute Gasteiger partial charge is 0.464 e. The summed E-state index contributed by atoms with van der Waals surface area (Å²) in [6, 6.07) is 9.13. The van der Waals surface area contributed by atoms with Gasteiger partial charge < -0.3 is 14.8 Å². The van der Waals surface area contributed by atoms with Crippen LogP contribution in [-0.4, -0.2) is 36.5 Å². The predicted molar refractivity (Wildman–Crippen MR) is 92.9 cm³/mol. The van der Waals surface area contributed by atoms with Crippen molar-refractivity contribution in [3.8, 4) is 0 Å². The van der Waals surface area contributed by atoms with E-state index in [1.54, 1.807) is 19.1 Å². The van der Waals surface area contributed by atoms with Crippen LogP contribution < -0.4 is 5.32 Å². The van der Waals surface area contributed by atoms with Crippen molar-refractivity contribution in [2.75, 3.05) is 11.9 Å². The first-order chi connectivity index (χ1) is 11.9. The van der Waals surface area contributed by atoms with Gasteiger partial charge in [-0.2, -0.15) is 0 Å². The van der Waals surface area contributed by atoms with Crippen LogP contribution in [0.3, 0.4) is 0 Å². The van der Waals surface area contributed by atoms with E-state index in [2.05, 4.69) is 5.32 Å². The highest BCUT2D eigenvalue weighted by molar-refractivity contribution is 5.99. The summed E-state index contributed by atoms with van der Waals surface area (Å²) in [6.45, 7) is 5.95. The molecular formula is C19H25NO5. The summed E-state index contributed by atoms with van der Waals surface area (Å²) >= 11 is 0. The number of ether oxygens (including phenoxy) is 2. The van der Waals surface area contributed by atoms with Gasteiger partial charge in [-0.3, -0.25) is 9.59 Å². The molecule has 6 nitrogen and oxygen atoms in total. The number of benzene rings is 1. The first-order valence-corrected chi connectivity index (χ1v) is 8.63. The number of anilines is 1. The second-order valence-corrected chi connectivity index (χ2v) is 6.58. The number of carbonyl (C=O) groups is 3. The number of para-hydroxylation sites is 1. The average Bonchev–Trinajstić information content (AvgIpc) is 3.36. The quantitative estimate of drug-likeness (QED) is 0.548. The number of Topliss-reactive ketones (excluding diaryl/α,β-unsaturated/α-hetero) is 1. The minimum atomic E-state index is -0.815. The lowest BCUT2D eigenvalue weighted by Crippen LogP contribution is -2.29. The van der Waals surface area contributed by atoms with Crippen LogP contribution in [0.25, 0.3) is 0 Å². The lowest BCUT2D eigenvalue weighted by Gasteiger charge is -2.18. The molecule has 1 fully saturated rings. The molecule has 1 amide bonds. The van der Waals surface area contributed by atoms with E-state index >= 15 is 0 Å². The molecule has 2 rings (SSSR count). The summed E-state index contributed by atoms with van der Waals surface area (Å²) in [7, 11) is 0. The maximum absolute atomic E-state index is 12.5. The number of nitrogens with one attached hydrogen (secondary N) is 1. The van der Waals surface area contributed by atoms with Crippen LogP contribution in [0.1, 0.15) is 33.6 Å². The molecule has 1 aromatic rings. The molecule has 0 bridgehead atoms. The van der Waals surface area contributed by atoms with Crippen LogP contribution >= 0.6 is 0 Å². The monoisotopic (exact) mass is 347 g/mol. The van der Waals surface area contributed by atoms with Gasteiger partial charge in [-0.15, -0.1) is 0 Å². The summed E-state index contributed by atoms with van der Waals surface area (Å²) in [5.74, 6) is -1.14. The van der Waals surface area contributed by atoms with Crippen LogP contribution in [0.15, 0.2) is 30.3 Å². The normalized spacial score (nSPS) is 20.0. The zero-order chi connectivity index (χ0) is 18.4. The Balaban J connectivity index is 1.94. The van der Waals surface area contributed by atoms with Crippen LogP contribution in [-0.2, 0) is 23.9 Å². The maximum atomic E-state index is 12.5. The average molecular weight is 347 g/mol. The third kappa shape index (κ3) is 5.67. The second-order valence-electron chi connectivity index (χ2n) is 6.58. The number of hydrogen-bond donors (Lipinski definition) is 1. The Morgan fingerprint density at radius 2 is 1.84 bits per heavy atom. The second kappa shape index (κ2) is 8.76. The molecule has 1 aliphatic heterocycles. The van der Waals surface area contributed by atoms with Crippen molar-refractivity contribution >= 4 is 23.3 Å². The van der Waals surface area contributed by atoms with Crippen LogP contribution in [0.2, 0.25) is 0 Å². The fraction of sp³-hybridized carbons (Fsp3) is 0.526. The molecule has 1 aliphatic rings. The molecule has 1 N–H and O–H groups in total. The van der Waals surface area contributed by atoms with Crippen LogP contribution in [0, 0.1) is 11.8 Å². The van der Waals surface area contributed by atoms with Gasteiger partial charge in [0.2, 0.25) is 5.91 Å². The van der Waals surface area contributed by atoms with Gasteiger partial charge in [0, 0.05) is 18.0 Å². The fourth-order valence-electron chi connectivity index (χ4n) is 2.74. The molecule has 0 aliphatic carbocycles. The molecule has 25 heavy (non-hydrogen) atoms. The molecule has 0 radical (unpaired) electrons. The maximum Gasteiger partial charge on any atom is 0.338 e. The standard InChI is InChI=1S/C19H25NO5/c1-4-24-19(23)17-16(25-17)15(21)11-13(10-12(2)3)18(22)20-14-8-6-5-7-9-14/h5-9,12-13,16-17H,4,10-11H2,1-3H3,(H,20,22)/t13-,16-,17+/m1/s1. The highest BCUT2D eigenvalue weighted by Crippen LogP contribution is 2.28. The number of ketones is 1. The van der Waals surface area contributed by atoms with E-state index in [1.165, 1.54) is 0 Å². The Hall–Kier alpha value is -2.21. The molecule has 0 saturated carbocycles. The Bertz CT molecular complexity index is 614. The lowest BCUT2D eigenvalue weighted by atomic mass is 9.90. The van der Waals surface area contributed by atoms with Crippen molar-refractivity contribution in [1.82, 2.24) is 0 Å². The van der Waals surface area contributed by atoms with E-state index in [1.807, 2.05) is 32.0 Å². The molecule has 6 heteroatoms. The molecule has 1 aromatic carbocycles. The van der Waals surface area contributed by atoms with Crippen LogP contribution in [0.5, 0.6) is 0 Å². The van der Waals surface area contributed by atoms with Gasteiger partial charge in [-0.1, -0.05) is 32.0 Å². The van der Waals surface area contributed by atoms with Gasteiger partial charge in [0.05, 0.1) is 6.61 Å². The van der Waals surface area contributed by atoms with Crippen molar-refractivity contribution in [3.63, 3.8) is 0 Å². The SMILES string of the molecule is CCOC(=O)[C@H]1O[C@@H]1C(=O)C[C@@H](CC(C)C)C(=O)Nc1ccccc1. The minimum absolute atomic E-state index is 0.0530. The summed E-state index contributed by atoms with van der Waals surface area (Å²) < 4.78 is 9.99. The van der Waals surface area contributed by atoms with Crippen molar-refractivity contribution in [1.29, 1.82) is 0 Å². The molecule has 1 heterocycles. The molecule has 0 unspecified atom stereocenters. The van der Waals surface area contributed by atoms with Gasteiger partial charge in [-0.05, 0) is 31.4 Å². The third-order valence-electron chi connectivity index (χ3n) is 3.94. The van der Waals surface area contributed by atoms with Gasteiger partial charge >= 0.3 is 5.97 Å². The van der Waals surface area contributed by atoms with Crippen LogP contribution in [0.4, 0.5) is 5.69 Å². The van der Waals surface area contributed by atoms with E-state index in [0.29, 0.717) is 12.1 Å². The van der Waals surface area contributed by atoms with E-state index < -0.39 is 24.1 Å². The molecule has 1 saturated heterocycles. The number of rotatable bonds is 9. The molecule has 0 aromatic heterocycles. The Morgan fingerprint density at radius 1 is 1.16 bits per heavy atom. The number of amides is 1. The zero-order valence-corrected chi connectivity index (χ0v) is 14.9. The van der Waals surface area contributed by atoms with E-state index in [9.17, 15) is 14.4 Å². The number of epoxide rings is 1. The Kier molecular flexibility index (Phi) is 6.70. The van der Waals surface area contributed by atoms with Crippen molar-refractivity contribution < 1.29 is 23.9 Å². The summed E-state index contributed by atoms with van der Waals surface area (Å²) in [5.41, 5.74) is 0.695. The van der Waals surface area contributed by atoms with Crippen molar-refractivity contribution in [2.24, 2.45) is 11.8 Å². The van der Waals surface area contributed by atoms with E-state index in [4.69, 9.17) is 9.47 Å². The number of esters is 1. The zero-order valence-electron chi connectivity index (χ0n) is 14.9. The smallest absolute Gasteiger partial charge is 0.338 e. The summed E-state index contributed by atoms with van der Waals surface area (Å²) in [5, 5.41) is 2.84. The fourth-order valence-corrected chi connectivity index (χ4v) is 2.74. The van der Waals surface area contributed by atoms with E-state index in [-0.39, 0.29) is 30.6 Å². The predicted octanol–water partition coefficient (Wildman–Crippen LogP) is 2.58. The van der Waals surface area contributed by atoms with E-state index in [0.717, 1.165) is 0 Å². The van der Waals surface area contributed by atoms with Gasteiger partial charge in [0.25, 0.3) is 0 Å². The Morgan fingerprint density at radius 3 is 2.44 bits per heavy atom. The van der Waals surface area contributed by atoms with Crippen molar-refractivity contribution in [3.05, 3.63) is 30.3 Å². The Labute approximate surface area is 147 Å². The highest BCUT2D eigenvalue weighted by Gasteiger charge is 2.51. The topological polar surface area (TPSA) is 85.0 Å². The van der Waals surface area contributed by atoms with Crippen molar-refractivity contribution in [2.45, 2.75) is 45.8 Å². The molecular weight excluding hydrogens is 322 g/mol. The molecule has 0 spiro atoms. The minimum Gasteiger partial charge on any atom is -0.464 e. The summed E-state index contributed by atoms with van der Waals surface area (Å²) in [6.07, 6.45) is -0.957. The first-order valence-electron chi connectivity index (χ1n) is 8.63. The first kappa shape index (κ1) is 19.1.